The highest BCUT2D eigenvalue weighted by Gasteiger charge is 2.03. The van der Waals surface area contributed by atoms with Gasteiger partial charge < -0.3 is 9.52 Å². The number of aliphatic hydroxyl groups is 1. The number of aromatic nitrogens is 2. The van der Waals surface area contributed by atoms with Crippen LogP contribution in [0.5, 0.6) is 0 Å². The lowest BCUT2D eigenvalue weighted by Crippen LogP contribution is -2.01. The second-order valence-corrected chi connectivity index (χ2v) is 2.66. The van der Waals surface area contributed by atoms with Crippen LogP contribution in [0.3, 0.4) is 0 Å². The van der Waals surface area contributed by atoms with Crippen molar-refractivity contribution < 1.29 is 9.52 Å². The Labute approximate surface area is 75.4 Å². The van der Waals surface area contributed by atoms with E-state index in [4.69, 9.17) is 9.52 Å². The first-order valence-electron chi connectivity index (χ1n) is 4.08. The number of hydrogen-bond donors (Lipinski definition) is 1. The van der Waals surface area contributed by atoms with Crippen LogP contribution in [0.4, 0.5) is 0 Å². The van der Waals surface area contributed by atoms with E-state index in [9.17, 15) is 0 Å². The zero-order valence-electron chi connectivity index (χ0n) is 7.05. The molecule has 4 heteroatoms. The third kappa shape index (κ3) is 1.62. The maximum Gasteiger partial charge on any atom is 0.154 e. The first-order valence-corrected chi connectivity index (χ1v) is 4.08. The molecule has 68 valence electrons. The van der Waals surface area contributed by atoms with E-state index in [2.05, 4.69) is 5.10 Å². The van der Waals surface area contributed by atoms with E-state index in [1.54, 1.807) is 10.9 Å². The molecule has 0 fully saturated rings. The smallest absolute Gasteiger partial charge is 0.154 e. The lowest BCUT2D eigenvalue weighted by atomic mass is 10.3. The van der Waals surface area contributed by atoms with E-state index in [0.29, 0.717) is 6.54 Å². The summed E-state index contributed by atoms with van der Waals surface area (Å²) in [5.74, 6) is 0.747. The Bertz CT molecular complexity index is 365. The van der Waals surface area contributed by atoms with Crippen LogP contribution in [0.15, 0.2) is 35.1 Å². The Morgan fingerprint density at radius 2 is 2.38 bits per heavy atom. The minimum absolute atomic E-state index is 0.0965. The zero-order valence-corrected chi connectivity index (χ0v) is 7.05. The molecule has 2 heterocycles. The van der Waals surface area contributed by atoms with E-state index in [1.165, 1.54) is 0 Å². The number of hydrogen-bond acceptors (Lipinski definition) is 3. The van der Waals surface area contributed by atoms with Crippen molar-refractivity contribution >= 4 is 0 Å². The molecular formula is C9H10N2O2. The number of nitrogens with zero attached hydrogens (tertiary/aromatic N) is 2. The van der Waals surface area contributed by atoms with Crippen molar-refractivity contribution in [2.24, 2.45) is 0 Å². The fourth-order valence-corrected chi connectivity index (χ4v) is 1.14. The molecule has 13 heavy (non-hydrogen) atoms. The van der Waals surface area contributed by atoms with Gasteiger partial charge in [0.15, 0.2) is 5.76 Å². The van der Waals surface area contributed by atoms with Crippen LogP contribution >= 0.6 is 0 Å². The Morgan fingerprint density at radius 1 is 1.46 bits per heavy atom. The Morgan fingerprint density at radius 3 is 3.08 bits per heavy atom. The number of rotatable bonds is 3. The molecule has 0 aliphatic carbocycles. The molecule has 0 saturated heterocycles. The van der Waals surface area contributed by atoms with Crippen LogP contribution in [0.2, 0.25) is 0 Å². The standard InChI is InChI=1S/C9H10N2O2/c12-6-5-11-4-3-8(10-11)9-2-1-7-13-9/h1-4,7,12H,5-6H2. The summed E-state index contributed by atoms with van der Waals surface area (Å²) in [6.45, 7) is 0.611. The molecule has 0 unspecified atom stereocenters. The van der Waals surface area contributed by atoms with Gasteiger partial charge in [0.1, 0.15) is 5.69 Å². The molecule has 0 radical (unpaired) electrons. The van der Waals surface area contributed by atoms with Gasteiger partial charge in [-0.25, -0.2) is 0 Å². The van der Waals surface area contributed by atoms with E-state index in [1.807, 2.05) is 24.4 Å². The highest BCUT2D eigenvalue weighted by molar-refractivity contribution is 5.50. The molecule has 2 aromatic heterocycles. The summed E-state index contributed by atoms with van der Waals surface area (Å²) in [5.41, 5.74) is 0.790. The van der Waals surface area contributed by atoms with E-state index in [0.717, 1.165) is 11.5 Å². The maximum absolute atomic E-state index is 8.68. The fourth-order valence-electron chi connectivity index (χ4n) is 1.14. The quantitative estimate of drug-likeness (QED) is 0.766. The van der Waals surface area contributed by atoms with Crippen molar-refractivity contribution in [3.63, 3.8) is 0 Å². The van der Waals surface area contributed by atoms with Crippen molar-refractivity contribution in [3.8, 4) is 11.5 Å². The second-order valence-electron chi connectivity index (χ2n) is 2.66. The summed E-state index contributed by atoms with van der Waals surface area (Å²) in [7, 11) is 0. The molecule has 0 aliphatic heterocycles. The minimum Gasteiger partial charge on any atom is -0.463 e. The monoisotopic (exact) mass is 178 g/mol. The van der Waals surface area contributed by atoms with Crippen LogP contribution in [-0.2, 0) is 6.54 Å². The molecule has 0 aromatic carbocycles. The molecule has 0 aliphatic rings. The summed E-state index contributed by atoms with van der Waals surface area (Å²) in [6, 6.07) is 5.53. The van der Waals surface area contributed by atoms with Crippen LogP contribution in [0.1, 0.15) is 0 Å². The third-order valence-electron chi connectivity index (χ3n) is 1.74. The Hall–Kier alpha value is -1.55. The van der Waals surface area contributed by atoms with Gasteiger partial charge in [0.05, 0.1) is 19.4 Å². The molecule has 0 atom stereocenters. The molecular weight excluding hydrogens is 168 g/mol. The molecule has 4 nitrogen and oxygen atoms in total. The number of aliphatic hydroxyl groups excluding tert-OH is 1. The molecule has 1 N–H and O–H groups in total. The van der Waals surface area contributed by atoms with Gasteiger partial charge in [0.25, 0.3) is 0 Å². The van der Waals surface area contributed by atoms with Crippen LogP contribution in [0, 0.1) is 0 Å². The van der Waals surface area contributed by atoms with Gasteiger partial charge in [-0.05, 0) is 18.2 Å². The molecule has 0 spiro atoms. The molecule has 2 aromatic rings. The topological polar surface area (TPSA) is 51.2 Å². The number of furan rings is 1. The lowest BCUT2D eigenvalue weighted by Gasteiger charge is -1.94. The summed E-state index contributed by atoms with van der Waals surface area (Å²) >= 11 is 0. The van der Waals surface area contributed by atoms with Crippen molar-refractivity contribution in [3.05, 3.63) is 30.7 Å². The Kier molecular flexibility index (Phi) is 2.14. The van der Waals surface area contributed by atoms with Gasteiger partial charge >= 0.3 is 0 Å². The van der Waals surface area contributed by atoms with E-state index < -0.39 is 0 Å². The summed E-state index contributed by atoms with van der Waals surface area (Å²) in [4.78, 5) is 0. The van der Waals surface area contributed by atoms with Crippen LogP contribution < -0.4 is 0 Å². The average molecular weight is 178 g/mol. The van der Waals surface area contributed by atoms with Gasteiger partial charge in [-0.1, -0.05) is 0 Å². The normalized spacial score (nSPS) is 10.5. The average Bonchev–Trinajstić information content (AvgIpc) is 2.70. The van der Waals surface area contributed by atoms with Gasteiger partial charge in [-0.15, -0.1) is 0 Å². The maximum atomic E-state index is 8.68. The molecule has 0 saturated carbocycles. The first kappa shape index (κ1) is 8.07. The lowest BCUT2D eigenvalue weighted by molar-refractivity contribution is 0.269. The summed E-state index contributed by atoms with van der Waals surface area (Å²) in [6.07, 6.45) is 3.43. The Balaban J connectivity index is 2.23. The summed E-state index contributed by atoms with van der Waals surface area (Å²) < 4.78 is 6.85. The van der Waals surface area contributed by atoms with Crippen molar-refractivity contribution in [2.45, 2.75) is 6.54 Å². The predicted octanol–water partition coefficient (Wildman–Crippen LogP) is 1.14. The summed E-state index contributed by atoms with van der Waals surface area (Å²) in [5, 5.41) is 12.9. The van der Waals surface area contributed by atoms with Gasteiger partial charge in [-0.3, -0.25) is 4.68 Å². The highest BCUT2D eigenvalue weighted by Crippen LogP contribution is 2.16. The van der Waals surface area contributed by atoms with Crippen molar-refractivity contribution in [2.75, 3.05) is 6.61 Å². The van der Waals surface area contributed by atoms with Crippen LogP contribution in [-0.4, -0.2) is 21.5 Å². The van der Waals surface area contributed by atoms with Crippen LogP contribution in [0.25, 0.3) is 11.5 Å². The largest absolute Gasteiger partial charge is 0.463 e. The SMILES string of the molecule is OCCn1ccc(-c2ccco2)n1. The van der Waals surface area contributed by atoms with Gasteiger partial charge in [0, 0.05) is 6.20 Å². The van der Waals surface area contributed by atoms with E-state index >= 15 is 0 Å². The van der Waals surface area contributed by atoms with Crippen molar-refractivity contribution in [1.82, 2.24) is 9.78 Å². The second kappa shape index (κ2) is 3.45. The highest BCUT2D eigenvalue weighted by atomic mass is 16.3. The van der Waals surface area contributed by atoms with Gasteiger partial charge in [-0.2, -0.15) is 5.10 Å². The van der Waals surface area contributed by atoms with Crippen molar-refractivity contribution in [1.29, 1.82) is 0 Å². The van der Waals surface area contributed by atoms with E-state index in [-0.39, 0.29) is 6.61 Å². The fraction of sp³-hybridized carbons (Fsp3) is 0.222. The molecule has 2 rings (SSSR count). The van der Waals surface area contributed by atoms with Gasteiger partial charge in [0.2, 0.25) is 0 Å². The zero-order chi connectivity index (χ0) is 9.10. The third-order valence-corrected chi connectivity index (χ3v) is 1.74. The minimum atomic E-state index is 0.0965. The molecule has 0 bridgehead atoms. The molecule has 0 amide bonds. The predicted molar refractivity (Wildman–Crippen MR) is 47.0 cm³/mol. The first-order chi connectivity index (χ1) is 6.40.